The average molecular weight is 287 g/mol. The minimum Gasteiger partial charge on any atom is -0.497 e. The summed E-state index contributed by atoms with van der Waals surface area (Å²) in [6.07, 6.45) is 0.359. The Balaban J connectivity index is 2.68. The van der Waals surface area contributed by atoms with Gasteiger partial charge in [-0.3, -0.25) is 4.79 Å². The Hall–Kier alpha value is -0.870. The molecule has 1 aromatic rings. The maximum atomic E-state index is 11.5. The Bertz CT molecular complexity index is 363. The normalized spacial score (nSPS) is 10.2. The van der Waals surface area contributed by atoms with Crippen LogP contribution in [0.15, 0.2) is 22.7 Å². The standard InChI is InChI=1S/C12H15BrO3/c1-3-16-8-10(14)6-9-7-11(15-2)4-5-12(9)13/h4-5,7H,3,6,8H2,1-2H3. The van der Waals surface area contributed by atoms with Gasteiger partial charge in [-0.2, -0.15) is 0 Å². The van der Waals surface area contributed by atoms with Crippen LogP contribution in [0.25, 0.3) is 0 Å². The zero-order valence-electron chi connectivity index (χ0n) is 9.46. The maximum absolute atomic E-state index is 11.5. The molecule has 0 amide bonds. The van der Waals surface area contributed by atoms with Crippen LogP contribution in [0.4, 0.5) is 0 Å². The minimum atomic E-state index is 0.0656. The molecule has 0 unspecified atom stereocenters. The Morgan fingerprint density at radius 1 is 1.44 bits per heavy atom. The summed E-state index contributed by atoms with van der Waals surface area (Å²) in [6.45, 7) is 2.60. The number of carbonyl (C=O) groups excluding carboxylic acids is 1. The van der Waals surface area contributed by atoms with Crippen LogP contribution in [0.5, 0.6) is 5.75 Å². The average Bonchev–Trinajstić information content (AvgIpc) is 2.29. The lowest BCUT2D eigenvalue weighted by Gasteiger charge is -2.06. The number of benzene rings is 1. The van der Waals surface area contributed by atoms with E-state index in [0.717, 1.165) is 15.8 Å². The van der Waals surface area contributed by atoms with Crippen LogP contribution in [0.2, 0.25) is 0 Å². The van der Waals surface area contributed by atoms with Crippen LogP contribution >= 0.6 is 15.9 Å². The summed E-state index contributed by atoms with van der Waals surface area (Å²) in [5.41, 5.74) is 0.920. The molecular weight excluding hydrogens is 272 g/mol. The van der Waals surface area contributed by atoms with E-state index in [1.165, 1.54) is 0 Å². The summed E-state index contributed by atoms with van der Waals surface area (Å²) < 4.78 is 11.1. The first-order chi connectivity index (χ1) is 7.67. The van der Waals surface area contributed by atoms with Crippen molar-refractivity contribution >= 4 is 21.7 Å². The molecule has 0 heterocycles. The van der Waals surface area contributed by atoms with Crippen molar-refractivity contribution in [3.63, 3.8) is 0 Å². The number of methoxy groups -OCH3 is 1. The van der Waals surface area contributed by atoms with Gasteiger partial charge in [0.25, 0.3) is 0 Å². The topological polar surface area (TPSA) is 35.5 Å². The number of halogens is 1. The molecule has 0 saturated carbocycles. The summed E-state index contributed by atoms with van der Waals surface area (Å²) in [5, 5.41) is 0. The number of rotatable bonds is 6. The second-order valence-electron chi connectivity index (χ2n) is 3.31. The maximum Gasteiger partial charge on any atom is 0.162 e. The lowest BCUT2D eigenvalue weighted by atomic mass is 10.1. The molecule has 88 valence electrons. The van der Waals surface area contributed by atoms with Crippen molar-refractivity contribution in [3.05, 3.63) is 28.2 Å². The summed E-state index contributed by atoms with van der Waals surface area (Å²) >= 11 is 3.41. The molecule has 0 spiro atoms. The van der Waals surface area contributed by atoms with E-state index in [-0.39, 0.29) is 12.4 Å². The molecular formula is C12H15BrO3. The quantitative estimate of drug-likeness (QED) is 0.806. The highest BCUT2D eigenvalue weighted by molar-refractivity contribution is 9.10. The van der Waals surface area contributed by atoms with Crippen molar-refractivity contribution in [2.45, 2.75) is 13.3 Å². The Morgan fingerprint density at radius 2 is 2.19 bits per heavy atom. The second-order valence-corrected chi connectivity index (χ2v) is 4.16. The number of carbonyl (C=O) groups is 1. The Morgan fingerprint density at radius 3 is 2.81 bits per heavy atom. The molecule has 3 nitrogen and oxygen atoms in total. The van der Waals surface area contributed by atoms with Gasteiger partial charge in [0.15, 0.2) is 5.78 Å². The molecule has 0 aliphatic carbocycles. The van der Waals surface area contributed by atoms with Crippen molar-refractivity contribution in [1.82, 2.24) is 0 Å². The van der Waals surface area contributed by atoms with Crippen LogP contribution in [-0.4, -0.2) is 26.1 Å². The number of ether oxygens (including phenoxy) is 2. The van der Waals surface area contributed by atoms with Gasteiger partial charge in [-0.05, 0) is 30.7 Å². The van der Waals surface area contributed by atoms with E-state index in [0.29, 0.717) is 13.0 Å². The molecule has 0 aliphatic heterocycles. The molecule has 0 atom stereocenters. The highest BCUT2D eigenvalue weighted by Gasteiger charge is 2.08. The molecule has 0 aliphatic rings. The van der Waals surface area contributed by atoms with Gasteiger partial charge in [0.2, 0.25) is 0 Å². The summed E-state index contributed by atoms with van der Waals surface area (Å²) in [7, 11) is 1.61. The first-order valence-corrected chi connectivity index (χ1v) is 5.88. The third-order valence-electron chi connectivity index (χ3n) is 2.11. The second kappa shape index (κ2) is 6.66. The van der Waals surface area contributed by atoms with E-state index in [4.69, 9.17) is 9.47 Å². The third-order valence-corrected chi connectivity index (χ3v) is 2.88. The van der Waals surface area contributed by atoms with E-state index in [2.05, 4.69) is 15.9 Å². The van der Waals surface area contributed by atoms with Crippen molar-refractivity contribution < 1.29 is 14.3 Å². The zero-order valence-corrected chi connectivity index (χ0v) is 11.0. The number of hydrogen-bond donors (Lipinski definition) is 0. The highest BCUT2D eigenvalue weighted by Crippen LogP contribution is 2.22. The van der Waals surface area contributed by atoms with Gasteiger partial charge in [-0.25, -0.2) is 0 Å². The monoisotopic (exact) mass is 286 g/mol. The number of ketones is 1. The van der Waals surface area contributed by atoms with Crippen molar-refractivity contribution in [3.8, 4) is 5.75 Å². The lowest BCUT2D eigenvalue weighted by Crippen LogP contribution is -2.11. The first-order valence-electron chi connectivity index (χ1n) is 5.09. The van der Waals surface area contributed by atoms with Gasteiger partial charge in [0.05, 0.1) is 7.11 Å². The SMILES string of the molecule is CCOCC(=O)Cc1cc(OC)ccc1Br. The van der Waals surface area contributed by atoms with Gasteiger partial charge in [0.1, 0.15) is 12.4 Å². The molecule has 0 aromatic heterocycles. The Kier molecular flexibility index (Phi) is 5.49. The molecule has 1 aromatic carbocycles. The molecule has 0 fully saturated rings. The largest absolute Gasteiger partial charge is 0.497 e. The predicted octanol–water partition coefficient (Wildman–Crippen LogP) is 2.61. The van der Waals surface area contributed by atoms with Crippen molar-refractivity contribution in [2.24, 2.45) is 0 Å². The first kappa shape index (κ1) is 13.2. The minimum absolute atomic E-state index is 0.0656. The van der Waals surface area contributed by atoms with Gasteiger partial charge in [-0.1, -0.05) is 15.9 Å². The molecule has 1 rings (SSSR count). The summed E-state index contributed by atoms with van der Waals surface area (Å²) in [4.78, 5) is 11.5. The molecule has 4 heteroatoms. The van der Waals surface area contributed by atoms with Gasteiger partial charge in [-0.15, -0.1) is 0 Å². The molecule has 0 radical (unpaired) electrons. The third kappa shape index (κ3) is 3.94. The summed E-state index contributed by atoms with van der Waals surface area (Å²) in [6, 6.07) is 5.58. The predicted molar refractivity (Wildman–Crippen MR) is 65.9 cm³/mol. The van der Waals surface area contributed by atoms with Gasteiger partial charge in [0, 0.05) is 17.5 Å². The summed E-state index contributed by atoms with van der Waals surface area (Å²) in [5.74, 6) is 0.818. The van der Waals surface area contributed by atoms with E-state index >= 15 is 0 Å². The van der Waals surface area contributed by atoms with Crippen molar-refractivity contribution in [1.29, 1.82) is 0 Å². The number of Topliss-reactive ketones (excluding diaryl/α,β-unsaturated/α-hetero) is 1. The van der Waals surface area contributed by atoms with Crippen LogP contribution < -0.4 is 4.74 Å². The smallest absolute Gasteiger partial charge is 0.162 e. The fraction of sp³-hybridized carbons (Fsp3) is 0.417. The van der Waals surface area contributed by atoms with Gasteiger partial charge < -0.3 is 9.47 Å². The number of hydrogen-bond acceptors (Lipinski definition) is 3. The highest BCUT2D eigenvalue weighted by atomic mass is 79.9. The fourth-order valence-corrected chi connectivity index (χ4v) is 1.68. The van der Waals surface area contributed by atoms with Crippen LogP contribution in [-0.2, 0) is 16.0 Å². The Labute approximate surface area is 104 Å². The fourth-order valence-electron chi connectivity index (χ4n) is 1.29. The lowest BCUT2D eigenvalue weighted by molar-refractivity contribution is -0.122. The van der Waals surface area contributed by atoms with Crippen molar-refractivity contribution in [2.75, 3.05) is 20.3 Å². The molecule has 0 N–H and O–H groups in total. The van der Waals surface area contributed by atoms with Gasteiger partial charge >= 0.3 is 0 Å². The van der Waals surface area contributed by atoms with E-state index < -0.39 is 0 Å². The van der Waals surface area contributed by atoms with E-state index in [9.17, 15) is 4.79 Å². The van der Waals surface area contributed by atoms with E-state index in [1.54, 1.807) is 7.11 Å². The van der Waals surface area contributed by atoms with Crippen LogP contribution in [0.3, 0.4) is 0 Å². The zero-order chi connectivity index (χ0) is 12.0. The van der Waals surface area contributed by atoms with Crippen LogP contribution in [0, 0.1) is 0 Å². The molecule has 16 heavy (non-hydrogen) atoms. The molecule has 0 bridgehead atoms. The molecule has 0 saturated heterocycles. The van der Waals surface area contributed by atoms with E-state index in [1.807, 2.05) is 25.1 Å². The van der Waals surface area contributed by atoms with Crippen LogP contribution in [0.1, 0.15) is 12.5 Å².